The van der Waals surface area contributed by atoms with Crippen molar-refractivity contribution in [3.63, 3.8) is 0 Å². The third-order valence-electron chi connectivity index (χ3n) is 5.14. The number of carbonyl (C=O) groups is 1. The van der Waals surface area contributed by atoms with Gasteiger partial charge in [0.2, 0.25) is 0 Å². The van der Waals surface area contributed by atoms with E-state index in [1.165, 1.54) is 6.20 Å². The van der Waals surface area contributed by atoms with Crippen molar-refractivity contribution in [3.05, 3.63) is 41.9 Å². The van der Waals surface area contributed by atoms with Crippen LogP contribution in [0.25, 0.3) is 16.6 Å². The second-order valence-corrected chi connectivity index (χ2v) is 7.44. The first-order valence-corrected chi connectivity index (χ1v) is 9.70. The number of benzene rings is 1. The molecule has 0 saturated heterocycles. The van der Waals surface area contributed by atoms with Gasteiger partial charge in [0.1, 0.15) is 0 Å². The molecule has 1 aliphatic heterocycles. The van der Waals surface area contributed by atoms with Crippen LogP contribution < -0.4 is 16.0 Å². The van der Waals surface area contributed by atoms with E-state index >= 15 is 0 Å². The van der Waals surface area contributed by atoms with Gasteiger partial charge in [-0.05, 0) is 24.6 Å². The third kappa shape index (κ3) is 3.01. The minimum Gasteiger partial charge on any atom is -0.385 e. The number of imidazole rings is 1. The average molecular weight is 406 g/mol. The highest BCUT2D eigenvalue weighted by Gasteiger charge is 2.19. The molecule has 10 nitrogen and oxygen atoms in total. The van der Waals surface area contributed by atoms with Crippen molar-refractivity contribution in [2.24, 2.45) is 7.05 Å². The molecule has 0 aliphatic carbocycles. The van der Waals surface area contributed by atoms with Crippen LogP contribution in [0.15, 0.2) is 30.6 Å². The molecule has 10 heteroatoms. The van der Waals surface area contributed by atoms with Crippen molar-refractivity contribution >= 4 is 39.6 Å². The Bertz CT molecular complexity index is 1280. The molecule has 30 heavy (non-hydrogen) atoms. The van der Waals surface area contributed by atoms with Gasteiger partial charge in [0.05, 0.1) is 42.5 Å². The monoisotopic (exact) mass is 406 g/mol. The van der Waals surface area contributed by atoms with Crippen molar-refractivity contribution in [1.82, 2.24) is 29.7 Å². The number of anilines is 3. The van der Waals surface area contributed by atoms with Crippen LogP contribution in [0, 0.1) is 0 Å². The smallest absolute Gasteiger partial charge is 0.271 e. The van der Waals surface area contributed by atoms with Crippen LogP contribution >= 0.6 is 0 Å². The lowest BCUT2D eigenvalue weighted by atomic mass is 10.1. The molecule has 0 radical (unpaired) electrons. The van der Waals surface area contributed by atoms with Gasteiger partial charge in [-0.25, -0.2) is 9.50 Å². The molecule has 0 unspecified atom stereocenters. The van der Waals surface area contributed by atoms with Crippen molar-refractivity contribution in [1.29, 1.82) is 0 Å². The fourth-order valence-electron chi connectivity index (χ4n) is 3.76. The maximum Gasteiger partial charge on any atom is 0.271 e. The summed E-state index contributed by atoms with van der Waals surface area (Å²) in [7, 11) is 3.71. The summed E-state index contributed by atoms with van der Waals surface area (Å²) in [5.74, 6) is 0.319. The number of nitrogens with one attached hydrogen (secondary N) is 3. The molecular weight excluding hydrogens is 384 g/mol. The number of fused-ring (bicyclic) bond motifs is 5. The molecule has 0 saturated carbocycles. The summed E-state index contributed by atoms with van der Waals surface area (Å²) in [6.45, 7) is 2.71. The number of amides is 1. The third-order valence-corrected chi connectivity index (χ3v) is 5.14. The Morgan fingerprint density at radius 1 is 1.27 bits per heavy atom. The number of hydrogen-bond acceptors (Lipinski definition) is 7. The van der Waals surface area contributed by atoms with Crippen molar-refractivity contribution in [2.75, 3.05) is 24.3 Å². The Morgan fingerprint density at radius 3 is 2.97 bits per heavy atom. The Hall–Kier alpha value is -3.66. The molecule has 3 aromatic heterocycles. The summed E-state index contributed by atoms with van der Waals surface area (Å²) in [5.41, 5.74) is 4.50. The fraction of sp³-hybridized carbons (Fsp3) is 0.300. The van der Waals surface area contributed by atoms with Gasteiger partial charge in [0.25, 0.3) is 5.91 Å². The van der Waals surface area contributed by atoms with Crippen LogP contribution in [0.2, 0.25) is 0 Å². The molecule has 1 amide bonds. The summed E-state index contributed by atoms with van der Waals surface area (Å²) in [4.78, 5) is 17.2. The number of hydrogen-bond donors (Lipinski definition) is 3. The molecule has 1 atom stereocenters. The van der Waals surface area contributed by atoms with E-state index in [0.29, 0.717) is 30.4 Å². The van der Waals surface area contributed by atoms with E-state index in [0.717, 1.165) is 27.8 Å². The normalized spacial score (nSPS) is 17.0. The molecule has 3 N–H and O–H groups in total. The zero-order valence-electron chi connectivity index (χ0n) is 16.9. The van der Waals surface area contributed by atoms with E-state index < -0.39 is 0 Å². The fourth-order valence-corrected chi connectivity index (χ4v) is 3.76. The summed E-state index contributed by atoms with van der Waals surface area (Å²) >= 11 is 0. The van der Waals surface area contributed by atoms with E-state index in [1.807, 2.05) is 44.0 Å². The van der Waals surface area contributed by atoms with E-state index in [2.05, 4.69) is 37.2 Å². The van der Waals surface area contributed by atoms with Crippen molar-refractivity contribution in [2.45, 2.75) is 19.6 Å². The van der Waals surface area contributed by atoms with E-state index in [4.69, 9.17) is 4.74 Å². The zero-order chi connectivity index (χ0) is 20.8. The first-order valence-electron chi connectivity index (χ1n) is 9.70. The van der Waals surface area contributed by atoms with Crippen molar-refractivity contribution < 1.29 is 9.53 Å². The van der Waals surface area contributed by atoms with Gasteiger partial charge in [-0.1, -0.05) is 0 Å². The van der Waals surface area contributed by atoms with E-state index in [9.17, 15) is 4.79 Å². The number of aryl methyl sites for hydroxylation is 1. The molecule has 5 rings (SSSR count). The standard InChI is InChI=1S/C20H22N8O2/c1-11-9-30-10-12-4-13-7-23-27(3)18(13)14(5-12)25-17-6-15(21-2)19-22-8-16(20(29)24-11)28(19)26-17/h4-8,11,21H,9-10H2,1-3H3,(H,24,29)(H,25,26)/t11-/m1/s1. The second-order valence-electron chi connectivity index (χ2n) is 7.44. The summed E-state index contributed by atoms with van der Waals surface area (Å²) < 4.78 is 9.23. The highest BCUT2D eigenvalue weighted by atomic mass is 16.5. The van der Waals surface area contributed by atoms with Crippen LogP contribution in [-0.4, -0.2) is 50.0 Å². The molecule has 1 aliphatic rings. The summed E-state index contributed by atoms with van der Waals surface area (Å²) in [5, 5.41) is 19.5. The first kappa shape index (κ1) is 18.4. The van der Waals surface area contributed by atoms with Gasteiger partial charge in [0, 0.05) is 31.6 Å². The number of nitrogens with zero attached hydrogens (tertiary/aromatic N) is 5. The van der Waals surface area contributed by atoms with Crippen LogP contribution in [0.5, 0.6) is 0 Å². The number of aromatic nitrogens is 5. The maximum atomic E-state index is 12.8. The highest BCUT2D eigenvalue weighted by Crippen LogP contribution is 2.29. The van der Waals surface area contributed by atoms with Gasteiger partial charge in [-0.15, -0.1) is 5.10 Å². The van der Waals surface area contributed by atoms with Gasteiger partial charge in [-0.2, -0.15) is 5.10 Å². The minimum atomic E-state index is -0.255. The second kappa shape index (κ2) is 6.99. The van der Waals surface area contributed by atoms with Gasteiger partial charge < -0.3 is 20.7 Å². The molecule has 154 valence electrons. The number of rotatable bonds is 1. The molecule has 0 fully saturated rings. The van der Waals surface area contributed by atoms with Crippen LogP contribution in [-0.2, 0) is 18.4 Å². The summed E-state index contributed by atoms with van der Waals surface area (Å²) in [6, 6.07) is 5.80. The zero-order valence-corrected chi connectivity index (χ0v) is 16.9. The molecule has 4 heterocycles. The lowest BCUT2D eigenvalue weighted by molar-refractivity contribution is 0.0815. The highest BCUT2D eigenvalue weighted by molar-refractivity contribution is 5.95. The van der Waals surface area contributed by atoms with Crippen LogP contribution in [0.4, 0.5) is 17.2 Å². The van der Waals surface area contributed by atoms with Crippen LogP contribution in [0.3, 0.4) is 0 Å². The topological polar surface area (TPSA) is 110 Å². The van der Waals surface area contributed by atoms with Crippen LogP contribution in [0.1, 0.15) is 23.0 Å². The molecular formula is C20H22N8O2. The molecule has 4 bridgehead atoms. The Labute approximate surface area is 172 Å². The average Bonchev–Trinajstić information content (AvgIpc) is 3.30. The Balaban J connectivity index is 1.73. The lowest BCUT2D eigenvalue weighted by Gasteiger charge is -2.17. The first-order chi connectivity index (χ1) is 14.5. The van der Waals surface area contributed by atoms with E-state index in [1.54, 1.807) is 4.52 Å². The quantitative estimate of drug-likeness (QED) is 0.444. The van der Waals surface area contributed by atoms with Gasteiger partial charge in [0.15, 0.2) is 17.2 Å². The minimum absolute atomic E-state index is 0.169. The molecule has 1 aromatic carbocycles. The maximum absolute atomic E-state index is 12.8. The van der Waals surface area contributed by atoms with Crippen molar-refractivity contribution in [3.8, 4) is 0 Å². The number of ether oxygens (including phenoxy) is 1. The van der Waals surface area contributed by atoms with E-state index in [-0.39, 0.29) is 11.9 Å². The largest absolute Gasteiger partial charge is 0.385 e. The number of carbonyl (C=O) groups excluding carboxylic acids is 1. The molecule has 4 aromatic rings. The van der Waals surface area contributed by atoms with Gasteiger partial charge in [-0.3, -0.25) is 9.48 Å². The molecule has 0 spiro atoms. The van der Waals surface area contributed by atoms with Gasteiger partial charge >= 0.3 is 0 Å². The predicted octanol–water partition coefficient (Wildman–Crippen LogP) is 2.05. The summed E-state index contributed by atoms with van der Waals surface area (Å²) in [6.07, 6.45) is 3.36. The Kier molecular flexibility index (Phi) is 4.28. The SMILES string of the molecule is CNc1cc2nn3c(cnc13)C(=O)N[C@H](C)COCc1cc(c3c(cnn3C)c1)N2. The lowest BCUT2D eigenvalue weighted by Crippen LogP contribution is -2.36. The predicted molar refractivity (Wildman–Crippen MR) is 113 cm³/mol. The Morgan fingerprint density at radius 2 is 2.13 bits per heavy atom.